The Hall–Kier alpha value is -1.39. The molecular formula is C15H22N2O2. The zero-order valence-corrected chi connectivity index (χ0v) is 11.2. The molecule has 1 aliphatic heterocycles. The first-order valence-electron chi connectivity index (χ1n) is 6.96. The van der Waals surface area contributed by atoms with E-state index in [0.717, 1.165) is 26.1 Å². The lowest BCUT2D eigenvalue weighted by molar-refractivity contribution is -0.136. The van der Waals surface area contributed by atoms with Crippen LogP contribution in [0, 0.1) is 0 Å². The van der Waals surface area contributed by atoms with Crippen LogP contribution in [0.25, 0.3) is 0 Å². The van der Waals surface area contributed by atoms with Crippen LogP contribution in [0.4, 0.5) is 0 Å². The van der Waals surface area contributed by atoms with Crippen molar-refractivity contribution in [1.82, 2.24) is 10.2 Å². The van der Waals surface area contributed by atoms with E-state index in [2.05, 4.69) is 34.5 Å². The van der Waals surface area contributed by atoms with E-state index < -0.39 is 5.97 Å². The molecule has 4 heteroatoms. The second kappa shape index (κ2) is 7.26. The third kappa shape index (κ3) is 4.65. The lowest BCUT2D eigenvalue weighted by atomic mass is 10.0. The average Bonchev–Trinajstić information content (AvgIpc) is 2.41. The molecule has 1 saturated heterocycles. The zero-order valence-electron chi connectivity index (χ0n) is 11.2. The van der Waals surface area contributed by atoms with Gasteiger partial charge in [0.2, 0.25) is 0 Å². The predicted molar refractivity (Wildman–Crippen MR) is 75.0 cm³/mol. The van der Waals surface area contributed by atoms with Crippen molar-refractivity contribution in [3.05, 3.63) is 35.9 Å². The number of benzene rings is 1. The fourth-order valence-corrected chi connectivity index (χ4v) is 2.66. The monoisotopic (exact) mass is 262 g/mol. The van der Waals surface area contributed by atoms with E-state index in [1.54, 1.807) is 0 Å². The molecule has 1 aromatic rings. The second-order valence-electron chi connectivity index (χ2n) is 5.13. The van der Waals surface area contributed by atoms with E-state index in [9.17, 15) is 4.79 Å². The summed E-state index contributed by atoms with van der Waals surface area (Å²) in [5.41, 5.74) is 1.33. The molecule has 0 bridgehead atoms. The lowest BCUT2D eigenvalue weighted by Gasteiger charge is -2.35. The van der Waals surface area contributed by atoms with Crippen LogP contribution in [0.3, 0.4) is 0 Å². The van der Waals surface area contributed by atoms with Gasteiger partial charge in [-0.1, -0.05) is 36.8 Å². The van der Waals surface area contributed by atoms with Crippen LogP contribution < -0.4 is 5.32 Å². The number of piperidine rings is 1. The molecule has 2 rings (SSSR count). The summed E-state index contributed by atoms with van der Waals surface area (Å²) >= 11 is 0. The first-order chi connectivity index (χ1) is 9.25. The fraction of sp³-hybridized carbons (Fsp3) is 0.533. The summed E-state index contributed by atoms with van der Waals surface area (Å²) in [5, 5.41) is 11.7. The number of carboxylic acid groups (broad SMARTS) is 1. The van der Waals surface area contributed by atoms with Crippen LogP contribution in [0.15, 0.2) is 30.3 Å². The minimum absolute atomic E-state index is 0.0513. The van der Waals surface area contributed by atoms with Gasteiger partial charge in [-0.05, 0) is 24.9 Å². The van der Waals surface area contributed by atoms with Crippen molar-refractivity contribution >= 4 is 5.97 Å². The zero-order chi connectivity index (χ0) is 13.5. The predicted octanol–water partition coefficient (Wildman–Crippen LogP) is 1.72. The maximum Gasteiger partial charge on any atom is 0.317 e. The molecule has 2 N–H and O–H groups in total. The molecule has 0 unspecified atom stereocenters. The molecule has 0 aliphatic carbocycles. The number of rotatable bonds is 6. The standard InChI is InChI=1S/C15H22N2O2/c18-15(19)11-16-10-14-8-4-5-9-17(14)12-13-6-2-1-3-7-13/h1-3,6-7,14,16H,4-5,8-12H2,(H,18,19)/t14-/m1/s1. The number of likely N-dealkylation sites (tertiary alicyclic amines) is 1. The van der Waals surface area contributed by atoms with Gasteiger partial charge in [0.25, 0.3) is 0 Å². The topological polar surface area (TPSA) is 52.6 Å². The molecule has 4 nitrogen and oxygen atoms in total. The number of hydrogen-bond donors (Lipinski definition) is 2. The smallest absolute Gasteiger partial charge is 0.317 e. The molecule has 1 heterocycles. The Morgan fingerprint density at radius 2 is 2.11 bits per heavy atom. The maximum absolute atomic E-state index is 10.5. The Labute approximate surface area is 114 Å². The van der Waals surface area contributed by atoms with Gasteiger partial charge in [-0.2, -0.15) is 0 Å². The number of carboxylic acids is 1. The normalized spacial score (nSPS) is 20.3. The van der Waals surface area contributed by atoms with Gasteiger partial charge >= 0.3 is 5.97 Å². The van der Waals surface area contributed by atoms with Crippen molar-refractivity contribution in [2.45, 2.75) is 31.8 Å². The molecule has 0 radical (unpaired) electrons. The third-order valence-corrected chi connectivity index (χ3v) is 3.63. The Bertz CT molecular complexity index is 394. The van der Waals surface area contributed by atoms with Crippen molar-refractivity contribution in [1.29, 1.82) is 0 Å². The summed E-state index contributed by atoms with van der Waals surface area (Å²) in [4.78, 5) is 13.0. The van der Waals surface area contributed by atoms with Gasteiger partial charge in [-0.25, -0.2) is 0 Å². The first kappa shape index (κ1) is 14.0. The fourth-order valence-electron chi connectivity index (χ4n) is 2.66. The van der Waals surface area contributed by atoms with Crippen LogP contribution in [-0.2, 0) is 11.3 Å². The number of carbonyl (C=O) groups is 1. The van der Waals surface area contributed by atoms with Crippen LogP contribution in [0.2, 0.25) is 0 Å². The van der Waals surface area contributed by atoms with Crippen LogP contribution >= 0.6 is 0 Å². The Morgan fingerprint density at radius 3 is 2.84 bits per heavy atom. The molecule has 0 spiro atoms. The molecule has 0 amide bonds. The van der Waals surface area contributed by atoms with E-state index in [1.807, 2.05) is 6.07 Å². The number of aliphatic carboxylic acids is 1. The molecule has 1 aromatic carbocycles. The molecule has 19 heavy (non-hydrogen) atoms. The van der Waals surface area contributed by atoms with Gasteiger partial charge in [0.05, 0.1) is 6.54 Å². The summed E-state index contributed by atoms with van der Waals surface area (Å²) in [5.74, 6) is -0.787. The Balaban J connectivity index is 1.86. The highest BCUT2D eigenvalue weighted by Crippen LogP contribution is 2.19. The van der Waals surface area contributed by atoms with Crippen molar-refractivity contribution in [3.63, 3.8) is 0 Å². The van der Waals surface area contributed by atoms with E-state index in [-0.39, 0.29) is 6.54 Å². The van der Waals surface area contributed by atoms with Gasteiger partial charge in [0.15, 0.2) is 0 Å². The Morgan fingerprint density at radius 1 is 1.32 bits per heavy atom. The third-order valence-electron chi connectivity index (χ3n) is 3.63. The molecule has 1 aliphatic rings. The minimum Gasteiger partial charge on any atom is -0.480 e. The summed E-state index contributed by atoms with van der Waals surface area (Å²) in [6.45, 7) is 2.88. The van der Waals surface area contributed by atoms with Gasteiger partial charge < -0.3 is 10.4 Å². The lowest BCUT2D eigenvalue weighted by Crippen LogP contribution is -2.45. The highest BCUT2D eigenvalue weighted by atomic mass is 16.4. The highest BCUT2D eigenvalue weighted by molar-refractivity contribution is 5.68. The molecular weight excluding hydrogens is 240 g/mol. The average molecular weight is 262 g/mol. The van der Waals surface area contributed by atoms with E-state index in [1.165, 1.54) is 18.4 Å². The van der Waals surface area contributed by atoms with E-state index >= 15 is 0 Å². The largest absolute Gasteiger partial charge is 0.480 e. The Kier molecular flexibility index (Phi) is 5.36. The van der Waals surface area contributed by atoms with E-state index in [0.29, 0.717) is 6.04 Å². The van der Waals surface area contributed by atoms with Crippen LogP contribution in [0.5, 0.6) is 0 Å². The summed E-state index contributed by atoms with van der Waals surface area (Å²) < 4.78 is 0. The van der Waals surface area contributed by atoms with Crippen molar-refractivity contribution in [2.24, 2.45) is 0 Å². The molecule has 104 valence electrons. The van der Waals surface area contributed by atoms with Gasteiger partial charge in [0, 0.05) is 19.1 Å². The van der Waals surface area contributed by atoms with Crippen LogP contribution in [-0.4, -0.2) is 41.7 Å². The molecule has 1 fully saturated rings. The van der Waals surface area contributed by atoms with Crippen LogP contribution in [0.1, 0.15) is 24.8 Å². The maximum atomic E-state index is 10.5. The minimum atomic E-state index is -0.787. The van der Waals surface area contributed by atoms with Crippen molar-refractivity contribution in [3.8, 4) is 0 Å². The van der Waals surface area contributed by atoms with Gasteiger partial charge in [-0.15, -0.1) is 0 Å². The van der Waals surface area contributed by atoms with Gasteiger partial charge in [-0.3, -0.25) is 9.69 Å². The molecule has 0 aromatic heterocycles. The molecule has 1 atom stereocenters. The van der Waals surface area contributed by atoms with Crippen molar-refractivity contribution in [2.75, 3.05) is 19.6 Å². The first-order valence-corrected chi connectivity index (χ1v) is 6.96. The summed E-state index contributed by atoms with van der Waals surface area (Å²) in [6.07, 6.45) is 3.63. The summed E-state index contributed by atoms with van der Waals surface area (Å²) in [7, 11) is 0. The van der Waals surface area contributed by atoms with Crippen molar-refractivity contribution < 1.29 is 9.90 Å². The number of nitrogens with one attached hydrogen (secondary N) is 1. The number of hydrogen-bond acceptors (Lipinski definition) is 3. The molecule has 0 saturated carbocycles. The highest BCUT2D eigenvalue weighted by Gasteiger charge is 2.22. The number of nitrogens with zero attached hydrogens (tertiary/aromatic N) is 1. The summed E-state index contributed by atoms with van der Waals surface area (Å²) in [6, 6.07) is 10.9. The second-order valence-corrected chi connectivity index (χ2v) is 5.13. The quantitative estimate of drug-likeness (QED) is 0.819. The van der Waals surface area contributed by atoms with Gasteiger partial charge in [0.1, 0.15) is 0 Å². The van der Waals surface area contributed by atoms with E-state index in [4.69, 9.17) is 5.11 Å². The SMILES string of the molecule is O=C(O)CNC[C@H]1CCCCN1Cc1ccccc1.